The van der Waals surface area contributed by atoms with Crippen LogP contribution < -0.4 is 20.5 Å². The Morgan fingerprint density at radius 2 is 1.73 bits per heavy atom. The van der Waals surface area contributed by atoms with E-state index in [4.69, 9.17) is 25.1 Å². The maximum absolute atomic E-state index is 14.3. The van der Waals surface area contributed by atoms with Crippen LogP contribution in [0.15, 0.2) is 71.8 Å². The van der Waals surface area contributed by atoms with Gasteiger partial charge in [0.25, 0.3) is 0 Å². The fraction of sp³-hybridized carbons (Fsp3) is 0.378. The van der Waals surface area contributed by atoms with Crippen molar-refractivity contribution in [3.05, 3.63) is 83.6 Å². The van der Waals surface area contributed by atoms with Crippen molar-refractivity contribution in [1.29, 1.82) is 0 Å². The molecule has 0 radical (unpaired) electrons. The first-order valence-corrected chi connectivity index (χ1v) is 18.2. The predicted molar refractivity (Wildman–Crippen MR) is 192 cm³/mol. The maximum atomic E-state index is 14.3. The molecule has 0 saturated heterocycles. The molecule has 1 heterocycles. The normalized spacial score (nSPS) is 13.8. The molecule has 4 N–H and O–H groups in total. The number of alkyl halides is 3. The number of nitrogens with zero attached hydrogens (tertiary/aromatic N) is 2. The summed E-state index contributed by atoms with van der Waals surface area (Å²) in [6.07, 6.45) is -1.16. The van der Waals surface area contributed by atoms with Crippen LogP contribution in [0.4, 0.5) is 24.7 Å². The number of likely N-dealkylation sites (N-methyl/N-ethyl adjacent to an activating group) is 1. The number of carboxylic acid groups (broad SMARTS) is 1. The molecule has 15 heteroatoms. The Morgan fingerprint density at radius 3 is 2.33 bits per heavy atom. The molecule has 0 aliphatic heterocycles. The van der Waals surface area contributed by atoms with Gasteiger partial charge in [0, 0.05) is 30.9 Å². The van der Waals surface area contributed by atoms with Crippen molar-refractivity contribution >= 4 is 44.0 Å². The average molecular weight is 745 g/mol. The Morgan fingerprint density at radius 1 is 1.06 bits per heavy atom. The first kappa shape index (κ1) is 39.7. The Hall–Kier alpha value is -5.05. The van der Waals surface area contributed by atoms with Crippen LogP contribution in [0, 0.1) is 6.92 Å². The van der Waals surface area contributed by atoms with Gasteiger partial charge in [0.2, 0.25) is 5.91 Å². The van der Waals surface area contributed by atoms with Crippen molar-refractivity contribution in [2.75, 3.05) is 24.7 Å². The minimum atomic E-state index is -5.08. The third-order valence-corrected chi connectivity index (χ3v) is 10.8. The predicted octanol–water partition coefficient (Wildman–Crippen LogP) is 7.08. The maximum Gasteiger partial charge on any atom is 0.490 e. The molecule has 1 aromatic heterocycles. The van der Waals surface area contributed by atoms with Crippen molar-refractivity contribution < 1.29 is 45.8 Å². The third kappa shape index (κ3) is 9.43. The molecule has 0 bridgehead atoms. The summed E-state index contributed by atoms with van der Waals surface area (Å²) in [5, 5.41) is 12.0. The molecule has 1 unspecified atom stereocenters. The molecule has 1 amide bonds. The highest BCUT2D eigenvalue weighted by Gasteiger charge is 2.38. The number of pyridine rings is 1. The van der Waals surface area contributed by atoms with Gasteiger partial charge in [-0.1, -0.05) is 30.7 Å². The number of carbonyl (C=O) groups is 2. The van der Waals surface area contributed by atoms with Gasteiger partial charge >= 0.3 is 12.1 Å². The summed E-state index contributed by atoms with van der Waals surface area (Å²) in [6, 6.07) is 17.4. The largest absolute Gasteiger partial charge is 0.490 e. The van der Waals surface area contributed by atoms with Gasteiger partial charge in [0.1, 0.15) is 11.9 Å². The molecular formula is C37H43F3N4O7S. The lowest BCUT2D eigenvalue weighted by molar-refractivity contribution is -0.192. The summed E-state index contributed by atoms with van der Waals surface area (Å²) in [4.78, 5) is 29.4. The zero-order chi connectivity index (χ0) is 38.4. The van der Waals surface area contributed by atoms with Crippen molar-refractivity contribution in [3.8, 4) is 11.5 Å². The van der Waals surface area contributed by atoms with Crippen LogP contribution in [-0.4, -0.2) is 66.5 Å². The summed E-state index contributed by atoms with van der Waals surface area (Å²) in [5.74, 6) is -1.43. The van der Waals surface area contributed by atoms with Crippen LogP contribution >= 0.6 is 0 Å². The van der Waals surface area contributed by atoms with Crippen LogP contribution in [0.2, 0.25) is 0 Å². The zero-order valence-electron chi connectivity index (χ0n) is 29.5. The van der Waals surface area contributed by atoms with E-state index in [9.17, 15) is 26.4 Å². The Labute approximate surface area is 300 Å². The van der Waals surface area contributed by atoms with E-state index in [0.717, 1.165) is 28.4 Å². The fourth-order valence-corrected chi connectivity index (χ4v) is 7.67. The standard InChI is InChI=1S/C35H42N4O5S.C2HF3O2/c1-6-43-31-18-24(14-17-30(31)44-22(2)3)33(38-26-15-16-28-29(19-26)23(4)20-37-34(28)36)35(40)39(5)21-25-10-7-8-13-32(25)45(41,42)27-11-9-12-27;3-2(4,5)1(6)7/h7-8,10,13-20,22,27,33,38H,6,9,11-12,21H2,1-5H3,(H2,36,37);(H,6,7). The number of hydrogen-bond acceptors (Lipinski definition) is 9. The number of hydrogen-bond donors (Lipinski definition) is 3. The molecule has 11 nitrogen and oxygen atoms in total. The quantitative estimate of drug-likeness (QED) is 0.137. The summed E-state index contributed by atoms with van der Waals surface area (Å²) in [7, 11) is -1.78. The molecule has 4 aromatic rings. The van der Waals surface area contributed by atoms with Crippen LogP contribution in [0.3, 0.4) is 0 Å². The van der Waals surface area contributed by atoms with Crippen molar-refractivity contribution in [2.45, 2.75) is 82.0 Å². The first-order chi connectivity index (χ1) is 24.4. The van der Waals surface area contributed by atoms with Gasteiger partial charge in [-0.15, -0.1) is 0 Å². The SMILES string of the molecule is CCOc1cc(C(Nc2ccc3c(N)ncc(C)c3c2)C(=O)N(C)Cc2ccccc2S(=O)(=O)C2CCC2)ccc1OC(C)C.O=C(O)C(F)(F)F. The topological polar surface area (TPSA) is 161 Å². The number of rotatable bonds is 12. The number of nitrogens with one attached hydrogen (secondary N) is 1. The van der Waals surface area contributed by atoms with E-state index in [1.54, 1.807) is 36.3 Å². The third-order valence-electron chi connectivity index (χ3n) is 8.44. The number of carboxylic acids is 1. The number of anilines is 2. The molecule has 52 heavy (non-hydrogen) atoms. The zero-order valence-corrected chi connectivity index (χ0v) is 30.3. The summed E-state index contributed by atoms with van der Waals surface area (Å²) < 4.78 is 70.4. The van der Waals surface area contributed by atoms with Crippen LogP contribution in [0.5, 0.6) is 11.5 Å². The van der Waals surface area contributed by atoms with E-state index in [-0.39, 0.29) is 23.8 Å². The molecule has 1 aliphatic carbocycles. The molecule has 1 fully saturated rings. The lowest BCUT2D eigenvalue weighted by Crippen LogP contribution is -2.36. The van der Waals surface area contributed by atoms with Gasteiger partial charge in [0.15, 0.2) is 21.3 Å². The highest BCUT2D eigenvalue weighted by atomic mass is 32.2. The van der Waals surface area contributed by atoms with Crippen LogP contribution in [-0.2, 0) is 26.0 Å². The fourth-order valence-electron chi connectivity index (χ4n) is 5.59. The second-order valence-corrected chi connectivity index (χ2v) is 14.9. The van der Waals surface area contributed by atoms with E-state index in [1.807, 2.05) is 70.2 Å². The monoisotopic (exact) mass is 744 g/mol. The van der Waals surface area contributed by atoms with Crippen LogP contribution in [0.25, 0.3) is 10.8 Å². The number of ether oxygens (including phenoxy) is 2. The molecule has 280 valence electrons. The Balaban J connectivity index is 0.000000785. The Bertz CT molecular complexity index is 2020. The van der Waals surface area contributed by atoms with Crippen molar-refractivity contribution in [1.82, 2.24) is 9.88 Å². The second kappa shape index (κ2) is 16.5. The number of fused-ring (bicyclic) bond motifs is 1. The van der Waals surface area contributed by atoms with Gasteiger partial charge in [-0.3, -0.25) is 4.79 Å². The molecule has 1 aliphatic rings. The highest BCUT2D eigenvalue weighted by Crippen LogP contribution is 2.36. The minimum absolute atomic E-state index is 0.0595. The number of nitrogen functional groups attached to an aromatic ring is 1. The summed E-state index contributed by atoms with van der Waals surface area (Å²) in [5.41, 5.74) is 9.08. The Kier molecular flexibility index (Phi) is 12.6. The van der Waals surface area contributed by atoms with Gasteiger partial charge in [-0.05, 0) is 99.0 Å². The minimum Gasteiger partial charge on any atom is -0.490 e. The molecule has 1 atom stereocenters. The molecule has 5 rings (SSSR count). The number of carbonyl (C=O) groups excluding carboxylic acids is 1. The van der Waals surface area contributed by atoms with Crippen molar-refractivity contribution in [2.24, 2.45) is 0 Å². The average Bonchev–Trinajstić information content (AvgIpc) is 3.05. The van der Waals surface area contributed by atoms with Gasteiger partial charge < -0.3 is 30.5 Å². The van der Waals surface area contributed by atoms with Gasteiger partial charge in [-0.25, -0.2) is 18.2 Å². The van der Waals surface area contributed by atoms with Gasteiger partial charge in [0.05, 0.1) is 22.9 Å². The van der Waals surface area contributed by atoms with E-state index in [2.05, 4.69) is 10.3 Å². The molecular weight excluding hydrogens is 701 g/mol. The smallest absolute Gasteiger partial charge is 0.490 e. The number of benzene rings is 3. The number of amides is 1. The van der Waals surface area contributed by atoms with Crippen LogP contribution in [0.1, 0.15) is 62.8 Å². The number of aliphatic carboxylic acids is 1. The number of aromatic nitrogens is 1. The molecule has 1 saturated carbocycles. The number of halogens is 3. The second-order valence-electron chi connectivity index (χ2n) is 12.7. The molecule has 3 aromatic carbocycles. The summed E-state index contributed by atoms with van der Waals surface area (Å²) >= 11 is 0. The van der Waals surface area contributed by atoms with Crippen molar-refractivity contribution in [3.63, 3.8) is 0 Å². The first-order valence-electron chi connectivity index (χ1n) is 16.7. The lowest BCUT2D eigenvalue weighted by atomic mass is 10.00. The number of nitrogens with two attached hydrogens (primary N) is 1. The highest BCUT2D eigenvalue weighted by molar-refractivity contribution is 7.92. The van der Waals surface area contributed by atoms with E-state index < -0.39 is 28.0 Å². The summed E-state index contributed by atoms with van der Waals surface area (Å²) in [6.45, 7) is 8.30. The number of sulfone groups is 1. The van der Waals surface area contributed by atoms with E-state index in [0.29, 0.717) is 52.8 Å². The van der Waals surface area contributed by atoms with E-state index in [1.165, 1.54) is 0 Å². The van der Waals surface area contributed by atoms with Gasteiger partial charge in [-0.2, -0.15) is 13.2 Å². The number of aryl methyl sites for hydroxylation is 1. The lowest BCUT2D eigenvalue weighted by Gasteiger charge is -2.29. The van der Waals surface area contributed by atoms with E-state index >= 15 is 0 Å². The molecule has 0 spiro atoms.